The summed E-state index contributed by atoms with van der Waals surface area (Å²) in [6, 6.07) is 14.5. The van der Waals surface area contributed by atoms with E-state index in [-0.39, 0.29) is 33.6 Å². The van der Waals surface area contributed by atoms with Crippen LogP contribution < -0.4 is 4.90 Å². The Bertz CT molecular complexity index is 1490. The zero-order chi connectivity index (χ0) is 26.7. The van der Waals surface area contributed by atoms with Crippen molar-refractivity contribution in [1.82, 2.24) is 0 Å². The Hall–Kier alpha value is -3.60. The van der Waals surface area contributed by atoms with Gasteiger partial charge in [-0.3, -0.25) is 9.59 Å². The molecular formula is C32H33NO4. The first-order valence-corrected chi connectivity index (χ1v) is 13.0. The molecule has 3 aliphatic rings. The minimum absolute atomic E-state index is 0.0837. The molecule has 1 aliphatic heterocycles. The Morgan fingerprint density at radius 3 is 1.73 bits per heavy atom. The number of hydrogen-bond acceptors (Lipinski definition) is 4. The Labute approximate surface area is 217 Å². The number of benzene rings is 3. The third kappa shape index (κ3) is 3.03. The second kappa shape index (κ2) is 7.25. The number of amides is 2. The molecule has 0 saturated carbocycles. The van der Waals surface area contributed by atoms with Crippen molar-refractivity contribution in [2.75, 3.05) is 4.90 Å². The lowest BCUT2D eigenvalue weighted by molar-refractivity contribution is 0.0925. The van der Waals surface area contributed by atoms with Gasteiger partial charge in [0.05, 0.1) is 16.8 Å². The highest BCUT2D eigenvalue weighted by atomic mass is 16.3. The SMILES string of the molecule is CC(C)c1cc2c(cc1O)C1(CC2(C)C)CC(C)(C)c2cc(N3C(=O)c4ccccc4C3=O)c(O)cc21. The van der Waals surface area contributed by atoms with Gasteiger partial charge in [0.15, 0.2) is 0 Å². The molecule has 5 heteroatoms. The average Bonchev–Trinajstić information content (AvgIpc) is 3.29. The molecule has 3 aromatic carbocycles. The van der Waals surface area contributed by atoms with E-state index < -0.39 is 11.8 Å². The molecule has 1 spiro atoms. The molecule has 6 rings (SSSR count). The minimum atomic E-state index is -0.417. The van der Waals surface area contributed by atoms with E-state index in [0.717, 1.165) is 40.0 Å². The van der Waals surface area contributed by atoms with E-state index in [1.54, 1.807) is 30.3 Å². The molecule has 5 nitrogen and oxygen atoms in total. The fraction of sp³-hybridized carbons (Fsp3) is 0.375. The van der Waals surface area contributed by atoms with E-state index in [2.05, 4.69) is 47.6 Å². The van der Waals surface area contributed by atoms with Crippen molar-refractivity contribution in [3.8, 4) is 11.5 Å². The third-order valence-corrected chi connectivity index (χ3v) is 8.92. The first-order valence-electron chi connectivity index (χ1n) is 13.0. The van der Waals surface area contributed by atoms with E-state index in [1.807, 2.05) is 12.1 Å². The van der Waals surface area contributed by atoms with Gasteiger partial charge >= 0.3 is 0 Å². The normalized spacial score (nSPS) is 22.6. The second-order valence-corrected chi connectivity index (χ2v) is 12.7. The van der Waals surface area contributed by atoms with Gasteiger partial charge in [-0.25, -0.2) is 4.90 Å². The topological polar surface area (TPSA) is 77.8 Å². The van der Waals surface area contributed by atoms with E-state index in [4.69, 9.17) is 0 Å². The molecule has 2 N–H and O–H groups in total. The fourth-order valence-corrected chi connectivity index (χ4v) is 7.43. The van der Waals surface area contributed by atoms with Crippen LogP contribution in [0.5, 0.6) is 11.5 Å². The lowest BCUT2D eigenvalue weighted by Crippen LogP contribution is -2.30. The lowest BCUT2D eigenvalue weighted by Gasteiger charge is -2.30. The Morgan fingerprint density at radius 2 is 1.22 bits per heavy atom. The Kier molecular flexibility index (Phi) is 4.66. The van der Waals surface area contributed by atoms with Crippen molar-refractivity contribution < 1.29 is 19.8 Å². The number of phenols is 2. The summed E-state index contributed by atoms with van der Waals surface area (Å²) in [6.45, 7) is 13.0. The van der Waals surface area contributed by atoms with Gasteiger partial charge in [0.2, 0.25) is 0 Å². The monoisotopic (exact) mass is 495 g/mol. The van der Waals surface area contributed by atoms with Gasteiger partial charge in [-0.1, -0.05) is 59.7 Å². The zero-order valence-electron chi connectivity index (χ0n) is 22.3. The maximum atomic E-state index is 13.2. The number of phenolic OH excluding ortho intramolecular Hbond substituents is 2. The van der Waals surface area contributed by atoms with Crippen molar-refractivity contribution >= 4 is 17.5 Å². The molecule has 1 heterocycles. The molecule has 0 radical (unpaired) electrons. The molecule has 3 aromatic rings. The van der Waals surface area contributed by atoms with E-state index in [0.29, 0.717) is 16.9 Å². The van der Waals surface area contributed by atoms with Crippen LogP contribution in [0, 0.1) is 0 Å². The number of anilines is 1. The number of carbonyl (C=O) groups excluding carboxylic acids is 2. The van der Waals surface area contributed by atoms with Gasteiger partial charge in [-0.2, -0.15) is 0 Å². The zero-order valence-corrected chi connectivity index (χ0v) is 22.3. The number of carbonyl (C=O) groups is 2. The number of fused-ring (bicyclic) bond motifs is 5. The molecule has 37 heavy (non-hydrogen) atoms. The molecule has 1 atom stereocenters. The molecule has 0 aromatic heterocycles. The summed E-state index contributed by atoms with van der Waals surface area (Å²) in [5, 5.41) is 22.3. The molecule has 1 unspecified atom stereocenters. The van der Waals surface area contributed by atoms with Crippen molar-refractivity contribution in [3.05, 3.63) is 87.5 Å². The van der Waals surface area contributed by atoms with Crippen LogP contribution in [-0.2, 0) is 16.2 Å². The van der Waals surface area contributed by atoms with Crippen molar-refractivity contribution in [2.45, 2.75) is 76.5 Å². The third-order valence-electron chi connectivity index (χ3n) is 8.92. The van der Waals surface area contributed by atoms with Crippen LogP contribution >= 0.6 is 0 Å². The highest BCUT2D eigenvalue weighted by Crippen LogP contribution is 2.64. The van der Waals surface area contributed by atoms with Crippen LogP contribution in [0.3, 0.4) is 0 Å². The molecular weight excluding hydrogens is 462 g/mol. The molecule has 2 aliphatic carbocycles. The molecule has 0 fully saturated rings. The smallest absolute Gasteiger partial charge is 0.266 e. The maximum absolute atomic E-state index is 13.2. The Morgan fingerprint density at radius 1 is 0.730 bits per heavy atom. The summed E-state index contributed by atoms with van der Waals surface area (Å²) in [5.41, 5.74) is 5.48. The van der Waals surface area contributed by atoms with E-state index >= 15 is 0 Å². The molecule has 2 amide bonds. The summed E-state index contributed by atoms with van der Waals surface area (Å²) in [5.74, 6) is -0.403. The average molecular weight is 496 g/mol. The van der Waals surface area contributed by atoms with Gasteiger partial charge in [0.1, 0.15) is 11.5 Å². The van der Waals surface area contributed by atoms with Gasteiger partial charge in [-0.05, 0) is 87.7 Å². The number of aromatic hydroxyl groups is 2. The van der Waals surface area contributed by atoms with Gasteiger partial charge in [0, 0.05) is 5.41 Å². The summed E-state index contributed by atoms with van der Waals surface area (Å²) in [7, 11) is 0. The van der Waals surface area contributed by atoms with Crippen LogP contribution in [0.25, 0.3) is 0 Å². The van der Waals surface area contributed by atoms with Crippen molar-refractivity contribution in [3.63, 3.8) is 0 Å². The standard InChI is InChI=1S/C32H33NO4/c1-17(2)20-11-21-23(13-26(20)34)32(15-30(21,3)4)16-31(5,6)22-12-25(27(35)14-24(22)32)33-28(36)18-9-7-8-10-19(18)29(33)37/h7-14,17,34-35H,15-16H2,1-6H3. The lowest BCUT2D eigenvalue weighted by atomic mass is 9.72. The largest absolute Gasteiger partial charge is 0.508 e. The van der Waals surface area contributed by atoms with Crippen molar-refractivity contribution in [1.29, 1.82) is 0 Å². The van der Waals surface area contributed by atoms with Gasteiger partial charge < -0.3 is 10.2 Å². The van der Waals surface area contributed by atoms with Crippen LogP contribution in [0.2, 0.25) is 0 Å². The van der Waals surface area contributed by atoms with E-state index in [9.17, 15) is 19.8 Å². The second-order valence-electron chi connectivity index (χ2n) is 12.7. The van der Waals surface area contributed by atoms with Crippen molar-refractivity contribution in [2.24, 2.45) is 0 Å². The minimum Gasteiger partial charge on any atom is -0.508 e. The highest BCUT2D eigenvalue weighted by Gasteiger charge is 2.57. The first kappa shape index (κ1) is 23.8. The summed E-state index contributed by atoms with van der Waals surface area (Å²) in [6.07, 6.45) is 1.65. The van der Waals surface area contributed by atoms with Crippen LogP contribution in [-0.4, -0.2) is 22.0 Å². The van der Waals surface area contributed by atoms with Crippen LogP contribution in [0.1, 0.15) is 109 Å². The number of hydrogen-bond donors (Lipinski definition) is 2. The predicted molar refractivity (Wildman–Crippen MR) is 144 cm³/mol. The fourth-order valence-electron chi connectivity index (χ4n) is 7.43. The van der Waals surface area contributed by atoms with Crippen LogP contribution in [0.4, 0.5) is 5.69 Å². The highest BCUT2D eigenvalue weighted by molar-refractivity contribution is 6.34. The summed E-state index contributed by atoms with van der Waals surface area (Å²) >= 11 is 0. The molecule has 0 bridgehead atoms. The first-order chi connectivity index (χ1) is 17.3. The van der Waals surface area contributed by atoms with Gasteiger partial charge in [0.25, 0.3) is 11.8 Å². The predicted octanol–water partition coefficient (Wildman–Crippen LogP) is 6.67. The summed E-state index contributed by atoms with van der Waals surface area (Å²) < 4.78 is 0. The molecule has 190 valence electrons. The Balaban J connectivity index is 1.55. The maximum Gasteiger partial charge on any atom is 0.266 e. The summed E-state index contributed by atoms with van der Waals surface area (Å²) in [4.78, 5) is 27.5. The van der Waals surface area contributed by atoms with Gasteiger partial charge in [-0.15, -0.1) is 0 Å². The van der Waals surface area contributed by atoms with Crippen LogP contribution in [0.15, 0.2) is 48.5 Å². The number of nitrogens with zero attached hydrogens (tertiary/aromatic N) is 1. The quantitative estimate of drug-likeness (QED) is 0.389. The molecule has 0 saturated heterocycles. The van der Waals surface area contributed by atoms with E-state index in [1.165, 1.54) is 5.56 Å². The number of imide groups is 1. The number of rotatable bonds is 2.